The van der Waals surface area contributed by atoms with E-state index in [-0.39, 0.29) is 5.75 Å². The van der Waals surface area contributed by atoms with Crippen LogP contribution in [0, 0.1) is 5.82 Å². The fourth-order valence-electron chi connectivity index (χ4n) is 1.19. The highest BCUT2D eigenvalue weighted by Crippen LogP contribution is 2.32. The van der Waals surface area contributed by atoms with Crippen LogP contribution in [0.1, 0.15) is 5.56 Å². The highest BCUT2D eigenvalue weighted by molar-refractivity contribution is 9.08. The number of hydrogen-bond acceptors (Lipinski definition) is 2. The van der Waals surface area contributed by atoms with Gasteiger partial charge in [0.25, 0.3) is 0 Å². The maximum atomic E-state index is 13.0. The summed E-state index contributed by atoms with van der Waals surface area (Å²) >= 11 is 4.83. The van der Waals surface area contributed by atoms with Gasteiger partial charge in [-0.25, -0.2) is 4.39 Å². The fourth-order valence-corrected chi connectivity index (χ4v) is 2.85. The van der Waals surface area contributed by atoms with Crippen LogP contribution < -0.4 is 0 Å². The Hall–Kier alpha value is -0.610. The van der Waals surface area contributed by atoms with Crippen molar-refractivity contribution in [3.05, 3.63) is 28.9 Å². The second-order valence-electron chi connectivity index (χ2n) is 2.69. The monoisotopic (exact) mass is 260 g/mol. The third-order valence-electron chi connectivity index (χ3n) is 1.87. The molecule has 1 aromatic heterocycles. The van der Waals surface area contributed by atoms with E-state index < -0.39 is 5.82 Å². The highest BCUT2D eigenvalue weighted by Gasteiger charge is 2.07. The lowest BCUT2D eigenvalue weighted by atomic mass is 10.2. The summed E-state index contributed by atoms with van der Waals surface area (Å²) in [6.07, 6.45) is 0. The first kappa shape index (κ1) is 8.97. The third kappa shape index (κ3) is 1.44. The maximum Gasteiger partial charge on any atom is 0.165 e. The molecule has 0 amide bonds. The van der Waals surface area contributed by atoms with Crippen molar-refractivity contribution in [1.82, 2.24) is 0 Å². The zero-order valence-corrected chi connectivity index (χ0v) is 8.95. The van der Waals surface area contributed by atoms with Crippen LogP contribution >= 0.6 is 27.3 Å². The highest BCUT2D eigenvalue weighted by atomic mass is 79.9. The number of rotatable bonds is 1. The fraction of sp³-hybridized carbons (Fsp3) is 0.111. The first-order chi connectivity index (χ1) is 6.22. The molecule has 2 aromatic rings. The van der Waals surface area contributed by atoms with Crippen LogP contribution in [0.25, 0.3) is 10.1 Å². The molecule has 0 radical (unpaired) electrons. The summed E-state index contributed by atoms with van der Waals surface area (Å²) in [5, 5.41) is 12.7. The van der Waals surface area contributed by atoms with Gasteiger partial charge in [-0.1, -0.05) is 15.9 Å². The molecular formula is C9H6BrFOS. The molecule has 13 heavy (non-hydrogen) atoms. The molecule has 0 saturated heterocycles. The smallest absolute Gasteiger partial charge is 0.165 e. The van der Waals surface area contributed by atoms with Crippen LogP contribution in [0.2, 0.25) is 0 Å². The van der Waals surface area contributed by atoms with Crippen molar-refractivity contribution in [1.29, 1.82) is 0 Å². The molecule has 1 aromatic carbocycles. The largest absolute Gasteiger partial charge is 0.505 e. The molecule has 1 N–H and O–H groups in total. The number of aromatic hydroxyl groups is 1. The number of fused-ring (bicyclic) bond motifs is 1. The lowest BCUT2D eigenvalue weighted by molar-refractivity contribution is 0.434. The van der Waals surface area contributed by atoms with Crippen molar-refractivity contribution in [2.24, 2.45) is 0 Å². The van der Waals surface area contributed by atoms with Crippen molar-refractivity contribution in [3.63, 3.8) is 0 Å². The standard InChI is InChI=1S/C9H6BrFOS/c10-3-5-4-13-9-2-8(12)7(11)1-6(5)9/h1-2,4,12H,3H2. The Kier molecular flexibility index (Phi) is 2.26. The maximum absolute atomic E-state index is 13.0. The van der Waals surface area contributed by atoms with E-state index in [1.165, 1.54) is 23.5 Å². The van der Waals surface area contributed by atoms with E-state index in [0.29, 0.717) is 5.33 Å². The average Bonchev–Trinajstić information content (AvgIpc) is 2.48. The molecule has 0 aliphatic rings. The molecule has 0 aliphatic carbocycles. The molecule has 0 spiro atoms. The number of hydrogen-bond donors (Lipinski definition) is 1. The van der Waals surface area contributed by atoms with Gasteiger partial charge in [0, 0.05) is 16.1 Å². The van der Waals surface area contributed by atoms with Crippen LogP contribution in [-0.4, -0.2) is 5.11 Å². The molecule has 1 heterocycles. The molecule has 2 rings (SSSR count). The number of phenolic OH excluding ortho intramolecular Hbond substituents is 1. The summed E-state index contributed by atoms with van der Waals surface area (Å²) in [6, 6.07) is 2.83. The number of halogens is 2. The minimum Gasteiger partial charge on any atom is -0.505 e. The molecule has 0 saturated carbocycles. The third-order valence-corrected chi connectivity index (χ3v) is 3.47. The van der Waals surface area contributed by atoms with Crippen molar-refractivity contribution >= 4 is 37.4 Å². The van der Waals surface area contributed by atoms with Crippen LogP contribution in [0.15, 0.2) is 17.5 Å². The molecule has 4 heteroatoms. The summed E-state index contributed by atoms with van der Waals surface area (Å²) in [7, 11) is 0. The summed E-state index contributed by atoms with van der Waals surface area (Å²) in [4.78, 5) is 0. The molecule has 1 nitrogen and oxygen atoms in total. The van der Waals surface area contributed by atoms with Gasteiger partial charge in [-0.2, -0.15) is 0 Å². The SMILES string of the molecule is Oc1cc2scc(CBr)c2cc1F. The van der Waals surface area contributed by atoms with E-state index in [1.807, 2.05) is 5.38 Å². The van der Waals surface area contributed by atoms with Gasteiger partial charge in [0.15, 0.2) is 11.6 Å². The van der Waals surface area contributed by atoms with E-state index in [1.54, 1.807) is 0 Å². The first-order valence-corrected chi connectivity index (χ1v) is 5.67. The normalized spacial score (nSPS) is 10.9. The zero-order chi connectivity index (χ0) is 9.42. The van der Waals surface area contributed by atoms with Gasteiger partial charge in [-0.3, -0.25) is 0 Å². The predicted octanol–water partition coefficient (Wildman–Crippen LogP) is 3.64. The average molecular weight is 261 g/mol. The van der Waals surface area contributed by atoms with Gasteiger partial charge in [0.05, 0.1) is 0 Å². The minimum atomic E-state index is -0.562. The summed E-state index contributed by atoms with van der Waals surface area (Å²) in [5.41, 5.74) is 1.05. The van der Waals surface area contributed by atoms with Crippen LogP contribution in [-0.2, 0) is 5.33 Å². The Morgan fingerprint density at radius 2 is 2.23 bits per heavy atom. The molecule has 0 unspecified atom stereocenters. The Balaban J connectivity index is 2.77. The van der Waals surface area contributed by atoms with E-state index in [0.717, 1.165) is 15.6 Å². The quantitative estimate of drug-likeness (QED) is 0.777. The molecule has 0 bridgehead atoms. The van der Waals surface area contributed by atoms with Gasteiger partial charge in [-0.05, 0) is 22.4 Å². The van der Waals surface area contributed by atoms with E-state index in [9.17, 15) is 4.39 Å². The number of thiophene rings is 1. The summed E-state index contributed by atoms with van der Waals surface area (Å²) in [6.45, 7) is 0. The number of benzene rings is 1. The van der Waals surface area contributed by atoms with Crippen LogP contribution in [0.3, 0.4) is 0 Å². The molecular weight excluding hydrogens is 255 g/mol. The van der Waals surface area contributed by atoms with Crippen molar-refractivity contribution < 1.29 is 9.50 Å². The molecule has 0 aliphatic heterocycles. The molecule has 68 valence electrons. The lowest BCUT2D eigenvalue weighted by Gasteiger charge is -1.96. The second kappa shape index (κ2) is 3.27. The topological polar surface area (TPSA) is 20.2 Å². The van der Waals surface area contributed by atoms with Gasteiger partial charge in [0.1, 0.15) is 0 Å². The zero-order valence-electron chi connectivity index (χ0n) is 6.55. The van der Waals surface area contributed by atoms with Crippen molar-refractivity contribution in [2.45, 2.75) is 5.33 Å². The predicted molar refractivity (Wildman–Crippen MR) is 56.1 cm³/mol. The lowest BCUT2D eigenvalue weighted by Crippen LogP contribution is -1.77. The van der Waals surface area contributed by atoms with E-state index in [4.69, 9.17) is 5.11 Å². The summed E-state index contributed by atoms with van der Waals surface area (Å²) < 4.78 is 13.9. The van der Waals surface area contributed by atoms with Gasteiger partial charge in [0.2, 0.25) is 0 Å². The Morgan fingerprint density at radius 3 is 2.92 bits per heavy atom. The summed E-state index contributed by atoms with van der Waals surface area (Å²) in [5.74, 6) is -0.844. The van der Waals surface area contributed by atoms with Crippen molar-refractivity contribution in [2.75, 3.05) is 0 Å². The second-order valence-corrected chi connectivity index (χ2v) is 4.17. The number of alkyl halides is 1. The first-order valence-electron chi connectivity index (χ1n) is 3.67. The van der Waals surface area contributed by atoms with Gasteiger partial charge < -0.3 is 5.11 Å². The number of phenols is 1. The van der Waals surface area contributed by atoms with Crippen molar-refractivity contribution in [3.8, 4) is 5.75 Å². The van der Waals surface area contributed by atoms with Crippen LogP contribution in [0.5, 0.6) is 5.75 Å². The van der Waals surface area contributed by atoms with E-state index >= 15 is 0 Å². The van der Waals surface area contributed by atoms with Gasteiger partial charge in [-0.15, -0.1) is 11.3 Å². The van der Waals surface area contributed by atoms with Gasteiger partial charge >= 0.3 is 0 Å². The minimum absolute atomic E-state index is 0.282. The Morgan fingerprint density at radius 1 is 1.46 bits per heavy atom. The molecule has 0 fully saturated rings. The van der Waals surface area contributed by atoms with E-state index in [2.05, 4.69) is 15.9 Å². The Labute approximate surface area is 86.9 Å². The van der Waals surface area contributed by atoms with Crippen LogP contribution in [0.4, 0.5) is 4.39 Å². The molecule has 0 atom stereocenters. The Bertz CT molecular complexity index is 452.